The van der Waals surface area contributed by atoms with E-state index in [9.17, 15) is 9.59 Å². The molecule has 6 nitrogen and oxygen atoms in total. The van der Waals surface area contributed by atoms with Crippen molar-refractivity contribution in [3.63, 3.8) is 0 Å². The van der Waals surface area contributed by atoms with Gasteiger partial charge in [-0.3, -0.25) is 25.0 Å². The predicted octanol–water partition coefficient (Wildman–Crippen LogP) is 2.79. The third kappa shape index (κ3) is 3.10. The van der Waals surface area contributed by atoms with Crippen molar-refractivity contribution in [2.45, 2.75) is 27.3 Å². The number of hydrogen-bond donors (Lipinski definition) is 2. The number of rotatable bonds is 4. The number of aryl methyl sites for hydroxylation is 1. The number of fused-ring (bicyclic) bond motifs is 1. The van der Waals surface area contributed by atoms with Gasteiger partial charge in [-0.05, 0) is 50.1 Å². The van der Waals surface area contributed by atoms with Gasteiger partial charge < -0.3 is 0 Å². The molecule has 0 unspecified atom stereocenters. The number of hydrazine groups is 1. The summed E-state index contributed by atoms with van der Waals surface area (Å²) in [7, 11) is 0. The number of anilines is 1. The molecule has 1 amide bonds. The molecule has 2 aromatic carbocycles. The largest absolute Gasteiger partial charge is 0.277 e. The number of amides is 1. The molecular formula is C19H20N4O2. The van der Waals surface area contributed by atoms with Gasteiger partial charge >= 0.3 is 0 Å². The number of carbonyl (C=O) groups excluding carboxylic acids is 1. The maximum absolute atomic E-state index is 12.6. The number of para-hydroxylation sites is 1. The van der Waals surface area contributed by atoms with E-state index in [4.69, 9.17) is 0 Å². The van der Waals surface area contributed by atoms with Crippen LogP contribution in [0.15, 0.2) is 47.3 Å². The summed E-state index contributed by atoms with van der Waals surface area (Å²) in [6.45, 7) is 6.16. The quantitative estimate of drug-likeness (QED) is 0.718. The third-order valence-corrected chi connectivity index (χ3v) is 4.31. The Balaban J connectivity index is 1.92. The van der Waals surface area contributed by atoms with Crippen molar-refractivity contribution in [1.82, 2.24) is 15.0 Å². The monoisotopic (exact) mass is 336 g/mol. The summed E-state index contributed by atoms with van der Waals surface area (Å²) in [5.41, 5.74) is 8.42. The molecule has 0 spiro atoms. The van der Waals surface area contributed by atoms with E-state index in [0.29, 0.717) is 29.0 Å². The lowest BCUT2D eigenvalue weighted by molar-refractivity contribution is 0.0961. The minimum absolute atomic E-state index is 0.142. The number of nitrogens with one attached hydrogen (secondary N) is 2. The number of aromatic nitrogens is 2. The van der Waals surface area contributed by atoms with Gasteiger partial charge in [-0.2, -0.15) is 0 Å². The topological polar surface area (TPSA) is 76.0 Å². The van der Waals surface area contributed by atoms with Crippen molar-refractivity contribution >= 4 is 22.8 Å². The highest BCUT2D eigenvalue weighted by molar-refractivity contribution is 5.96. The van der Waals surface area contributed by atoms with E-state index in [1.165, 1.54) is 4.57 Å². The van der Waals surface area contributed by atoms with E-state index >= 15 is 0 Å². The van der Waals surface area contributed by atoms with Crippen LogP contribution in [0.2, 0.25) is 0 Å². The van der Waals surface area contributed by atoms with Gasteiger partial charge in [0.05, 0.1) is 10.9 Å². The highest BCUT2D eigenvalue weighted by atomic mass is 16.2. The molecular weight excluding hydrogens is 316 g/mol. The molecule has 0 aliphatic heterocycles. The molecule has 0 atom stereocenters. The van der Waals surface area contributed by atoms with Gasteiger partial charge in [0, 0.05) is 12.1 Å². The Bertz CT molecular complexity index is 1010. The number of nitrogens with zero attached hydrogens (tertiary/aromatic N) is 2. The first-order valence-corrected chi connectivity index (χ1v) is 8.15. The molecule has 25 heavy (non-hydrogen) atoms. The molecule has 3 aromatic rings. The average Bonchev–Trinajstić information content (AvgIpc) is 2.62. The molecule has 0 aliphatic carbocycles. The fourth-order valence-corrected chi connectivity index (χ4v) is 2.73. The molecule has 2 N–H and O–H groups in total. The summed E-state index contributed by atoms with van der Waals surface area (Å²) >= 11 is 0. The average molecular weight is 336 g/mol. The Hall–Kier alpha value is -3.15. The smallest absolute Gasteiger partial charge is 0.269 e. The van der Waals surface area contributed by atoms with Crippen LogP contribution >= 0.6 is 0 Å². The van der Waals surface area contributed by atoms with Gasteiger partial charge in [0.2, 0.25) is 5.95 Å². The highest BCUT2D eigenvalue weighted by Crippen LogP contribution is 2.13. The van der Waals surface area contributed by atoms with E-state index in [1.807, 2.05) is 39.0 Å². The minimum atomic E-state index is -0.272. The van der Waals surface area contributed by atoms with Crippen LogP contribution in [0, 0.1) is 13.8 Å². The molecule has 0 saturated carbocycles. The minimum Gasteiger partial charge on any atom is -0.277 e. The van der Waals surface area contributed by atoms with Gasteiger partial charge in [0.15, 0.2) is 0 Å². The van der Waals surface area contributed by atoms with Crippen molar-refractivity contribution in [3.8, 4) is 0 Å². The SMILES string of the molecule is CCn1c(NNC(=O)c2cccc(C)c2C)nc2ccccc2c1=O. The fraction of sp³-hybridized carbons (Fsp3) is 0.211. The van der Waals surface area contributed by atoms with Gasteiger partial charge in [-0.1, -0.05) is 24.3 Å². The molecule has 0 fully saturated rings. The first kappa shape index (κ1) is 16.7. The fourth-order valence-electron chi connectivity index (χ4n) is 2.73. The summed E-state index contributed by atoms with van der Waals surface area (Å²) in [6.07, 6.45) is 0. The number of benzene rings is 2. The van der Waals surface area contributed by atoms with E-state index in [1.54, 1.807) is 24.3 Å². The molecule has 0 bridgehead atoms. The lowest BCUT2D eigenvalue weighted by Crippen LogP contribution is -2.34. The normalized spacial score (nSPS) is 10.7. The first-order valence-electron chi connectivity index (χ1n) is 8.15. The zero-order valence-electron chi connectivity index (χ0n) is 14.5. The molecule has 3 rings (SSSR count). The summed E-state index contributed by atoms with van der Waals surface area (Å²) in [4.78, 5) is 29.5. The molecule has 0 aliphatic rings. The Labute approximate surface area is 145 Å². The standard InChI is InChI=1S/C19H20N4O2/c1-4-23-18(25)15-9-5-6-11-16(15)20-19(23)22-21-17(24)14-10-7-8-12(2)13(14)3/h5-11H,4H2,1-3H3,(H,20,22)(H,21,24). The van der Waals surface area contributed by atoms with Gasteiger partial charge in [0.1, 0.15) is 0 Å². The summed E-state index contributed by atoms with van der Waals surface area (Å²) in [6, 6.07) is 12.7. The highest BCUT2D eigenvalue weighted by Gasteiger charge is 2.13. The molecule has 128 valence electrons. The predicted molar refractivity (Wildman–Crippen MR) is 98.7 cm³/mol. The maximum Gasteiger partial charge on any atom is 0.269 e. The van der Waals surface area contributed by atoms with Gasteiger partial charge in [0.25, 0.3) is 11.5 Å². The number of hydrogen-bond acceptors (Lipinski definition) is 4. The second kappa shape index (κ2) is 6.76. The van der Waals surface area contributed by atoms with Crippen LogP contribution in [0.25, 0.3) is 10.9 Å². The Kier molecular flexibility index (Phi) is 4.52. The lowest BCUT2D eigenvalue weighted by Gasteiger charge is -2.15. The summed E-state index contributed by atoms with van der Waals surface area (Å²) in [5.74, 6) is 0.0381. The van der Waals surface area contributed by atoms with Crippen LogP contribution in [-0.4, -0.2) is 15.5 Å². The van der Waals surface area contributed by atoms with Crippen LogP contribution in [-0.2, 0) is 6.54 Å². The van der Waals surface area contributed by atoms with Crippen molar-refractivity contribution < 1.29 is 4.79 Å². The van der Waals surface area contributed by atoms with Crippen LogP contribution in [0.5, 0.6) is 0 Å². The zero-order chi connectivity index (χ0) is 18.0. The van der Waals surface area contributed by atoms with Crippen LogP contribution in [0.4, 0.5) is 5.95 Å². The Morgan fingerprint density at radius 2 is 1.88 bits per heavy atom. The molecule has 0 saturated heterocycles. The van der Waals surface area contributed by atoms with E-state index < -0.39 is 0 Å². The third-order valence-electron chi connectivity index (χ3n) is 4.31. The summed E-state index contributed by atoms with van der Waals surface area (Å²) < 4.78 is 1.49. The molecule has 1 aromatic heterocycles. The van der Waals surface area contributed by atoms with Crippen molar-refractivity contribution in [2.75, 3.05) is 5.43 Å². The molecule has 6 heteroatoms. The zero-order valence-corrected chi connectivity index (χ0v) is 14.5. The van der Waals surface area contributed by atoms with Gasteiger partial charge in [-0.15, -0.1) is 0 Å². The first-order chi connectivity index (χ1) is 12.0. The van der Waals surface area contributed by atoms with Crippen LogP contribution in [0.1, 0.15) is 28.4 Å². The summed E-state index contributed by atoms with van der Waals surface area (Å²) in [5, 5.41) is 0.552. The van der Waals surface area contributed by atoms with Crippen LogP contribution < -0.4 is 16.4 Å². The number of carbonyl (C=O) groups is 1. The molecule has 1 heterocycles. The second-order valence-electron chi connectivity index (χ2n) is 5.83. The van der Waals surface area contributed by atoms with Crippen molar-refractivity contribution in [2.24, 2.45) is 0 Å². The van der Waals surface area contributed by atoms with E-state index in [2.05, 4.69) is 15.8 Å². The van der Waals surface area contributed by atoms with Crippen LogP contribution in [0.3, 0.4) is 0 Å². The second-order valence-corrected chi connectivity index (χ2v) is 5.83. The van der Waals surface area contributed by atoms with Crippen molar-refractivity contribution in [1.29, 1.82) is 0 Å². The molecule has 0 radical (unpaired) electrons. The Morgan fingerprint density at radius 1 is 1.12 bits per heavy atom. The Morgan fingerprint density at radius 3 is 2.64 bits per heavy atom. The lowest BCUT2D eigenvalue weighted by atomic mass is 10.0. The van der Waals surface area contributed by atoms with Gasteiger partial charge in [-0.25, -0.2) is 4.98 Å². The van der Waals surface area contributed by atoms with E-state index in [0.717, 1.165) is 11.1 Å². The van der Waals surface area contributed by atoms with E-state index in [-0.39, 0.29) is 11.5 Å². The van der Waals surface area contributed by atoms with Crippen molar-refractivity contribution in [3.05, 3.63) is 69.5 Å². The maximum atomic E-state index is 12.6.